The fourth-order valence-electron chi connectivity index (χ4n) is 2.10. The zero-order valence-corrected chi connectivity index (χ0v) is 12.5. The van der Waals surface area contributed by atoms with Gasteiger partial charge in [0.05, 0.1) is 16.2 Å². The van der Waals surface area contributed by atoms with Gasteiger partial charge in [-0.2, -0.15) is 5.26 Å². The first-order chi connectivity index (χ1) is 9.85. The highest BCUT2D eigenvalue weighted by Gasteiger charge is 2.21. The van der Waals surface area contributed by atoms with E-state index in [1.165, 1.54) is 18.2 Å². The smallest absolute Gasteiger partial charge is 0.182 e. The molecule has 0 aliphatic carbocycles. The normalized spacial score (nSPS) is 11.1. The summed E-state index contributed by atoms with van der Waals surface area (Å²) in [5.74, 6) is -1.23. The highest BCUT2D eigenvalue weighted by atomic mass is 32.2. The van der Waals surface area contributed by atoms with E-state index in [-0.39, 0.29) is 16.0 Å². The zero-order valence-electron chi connectivity index (χ0n) is 11.7. The van der Waals surface area contributed by atoms with Crippen molar-refractivity contribution in [2.24, 2.45) is 0 Å². The number of sulfone groups is 1. The third kappa shape index (κ3) is 3.11. The van der Waals surface area contributed by atoms with Crippen molar-refractivity contribution < 1.29 is 12.8 Å². The summed E-state index contributed by atoms with van der Waals surface area (Å²) in [6.45, 7) is 3.50. The molecule has 5 heteroatoms. The molecule has 2 rings (SSSR count). The van der Waals surface area contributed by atoms with Crippen LogP contribution >= 0.6 is 0 Å². The van der Waals surface area contributed by atoms with Gasteiger partial charge in [0.15, 0.2) is 9.84 Å². The molecule has 0 atom stereocenters. The first-order valence-electron chi connectivity index (χ1n) is 6.32. The van der Waals surface area contributed by atoms with Crippen LogP contribution in [-0.4, -0.2) is 8.42 Å². The second-order valence-corrected chi connectivity index (χ2v) is 6.88. The molecule has 0 N–H and O–H groups in total. The molecule has 0 aromatic heterocycles. The predicted octanol–water partition coefficient (Wildman–Crippen LogP) is 3.29. The number of hydrogen-bond donors (Lipinski definition) is 0. The van der Waals surface area contributed by atoms with Crippen LogP contribution < -0.4 is 0 Å². The van der Waals surface area contributed by atoms with Crippen LogP contribution in [0.15, 0.2) is 41.3 Å². The molecule has 0 amide bonds. The van der Waals surface area contributed by atoms with Crippen molar-refractivity contribution in [3.63, 3.8) is 0 Å². The van der Waals surface area contributed by atoms with Crippen LogP contribution in [0, 0.1) is 31.0 Å². The van der Waals surface area contributed by atoms with Gasteiger partial charge in [-0.1, -0.05) is 24.3 Å². The number of halogens is 1. The number of nitriles is 1. The van der Waals surface area contributed by atoms with E-state index in [2.05, 4.69) is 0 Å². The molecule has 2 aromatic carbocycles. The SMILES string of the molecule is Cc1ccc(C)c(S(=O)(=O)Cc2cccc(C#N)c2F)c1. The Morgan fingerprint density at radius 2 is 1.90 bits per heavy atom. The maximum Gasteiger partial charge on any atom is 0.182 e. The number of benzene rings is 2. The summed E-state index contributed by atoms with van der Waals surface area (Å²) in [7, 11) is -3.66. The summed E-state index contributed by atoms with van der Waals surface area (Å²) in [4.78, 5) is 0.198. The molecule has 2 aromatic rings. The second-order valence-electron chi connectivity index (χ2n) is 4.92. The Hall–Kier alpha value is -2.19. The molecule has 0 unspecified atom stereocenters. The van der Waals surface area contributed by atoms with E-state index in [4.69, 9.17) is 5.26 Å². The lowest BCUT2D eigenvalue weighted by Crippen LogP contribution is -2.09. The largest absolute Gasteiger partial charge is 0.223 e. The average molecular weight is 303 g/mol. The minimum atomic E-state index is -3.66. The lowest BCUT2D eigenvalue weighted by Gasteiger charge is -2.10. The molecule has 0 bridgehead atoms. The van der Waals surface area contributed by atoms with Gasteiger partial charge in [-0.3, -0.25) is 0 Å². The van der Waals surface area contributed by atoms with Crippen LogP contribution in [0.3, 0.4) is 0 Å². The molecule has 0 spiro atoms. The standard InChI is InChI=1S/C16H14FNO2S/c1-11-6-7-12(2)15(8-11)21(19,20)10-14-5-3-4-13(9-18)16(14)17/h3-8H,10H2,1-2H3. The first kappa shape index (κ1) is 15.2. The van der Waals surface area contributed by atoms with Gasteiger partial charge in [0.1, 0.15) is 11.9 Å². The Bertz CT molecular complexity index is 836. The lowest BCUT2D eigenvalue weighted by atomic mass is 10.1. The monoisotopic (exact) mass is 303 g/mol. The molecule has 0 radical (unpaired) electrons. The number of hydrogen-bond acceptors (Lipinski definition) is 3. The van der Waals surface area contributed by atoms with Crippen molar-refractivity contribution in [3.8, 4) is 6.07 Å². The molecule has 0 fully saturated rings. The highest BCUT2D eigenvalue weighted by molar-refractivity contribution is 7.90. The zero-order chi connectivity index (χ0) is 15.6. The quantitative estimate of drug-likeness (QED) is 0.874. The van der Waals surface area contributed by atoms with E-state index in [0.717, 1.165) is 5.56 Å². The Kier molecular flexibility index (Phi) is 4.10. The van der Waals surface area contributed by atoms with E-state index in [1.807, 2.05) is 6.07 Å². The number of aryl methyl sites for hydroxylation is 2. The molecular weight excluding hydrogens is 289 g/mol. The third-order valence-electron chi connectivity index (χ3n) is 3.22. The van der Waals surface area contributed by atoms with Crippen LogP contribution in [0.2, 0.25) is 0 Å². The second kappa shape index (κ2) is 5.66. The maximum atomic E-state index is 14.0. The Morgan fingerprint density at radius 1 is 1.19 bits per heavy atom. The minimum Gasteiger partial charge on any atom is -0.223 e. The molecule has 0 heterocycles. The minimum absolute atomic E-state index is 0.00922. The molecule has 108 valence electrons. The van der Waals surface area contributed by atoms with Gasteiger partial charge in [-0.15, -0.1) is 0 Å². The van der Waals surface area contributed by atoms with Crippen molar-refractivity contribution >= 4 is 9.84 Å². The van der Waals surface area contributed by atoms with Gasteiger partial charge in [-0.25, -0.2) is 12.8 Å². The molecule has 0 saturated carbocycles. The van der Waals surface area contributed by atoms with Crippen LogP contribution in [0.4, 0.5) is 4.39 Å². The van der Waals surface area contributed by atoms with Gasteiger partial charge in [0, 0.05) is 5.56 Å². The summed E-state index contributed by atoms with van der Waals surface area (Å²) in [5, 5.41) is 8.80. The van der Waals surface area contributed by atoms with E-state index in [0.29, 0.717) is 5.56 Å². The molecule has 21 heavy (non-hydrogen) atoms. The fraction of sp³-hybridized carbons (Fsp3) is 0.188. The molecule has 3 nitrogen and oxygen atoms in total. The van der Waals surface area contributed by atoms with E-state index >= 15 is 0 Å². The van der Waals surface area contributed by atoms with Crippen LogP contribution in [0.5, 0.6) is 0 Å². The van der Waals surface area contributed by atoms with Gasteiger partial charge in [-0.05, 0) is 37.1 Å². The predicted molar refractivity (Wildman–Crippen MR) is 77.9 cm³/mol. The summed E-state index contributed by atoms with van der Waals surface area (Å²) >= 11 is 0. The van der Waals surface area contributed by atoms with Crippen molar-refractivity contribution in [3.05, 3.63) is 64.5 Å². The third-order valence-corrected chi connectivity index (χ3v) is 5.02. The van der Waals surface area contributed by atoms with Gasteiger partial charge in [0.25, 0.3) is 0 Å². The Morgan fingerprint density at radius 3 is 2.57 bits per heavy atom. The first-order valence-corrected chi connectivity index (χ1v) is 7.98. The highest BCUT2D eigenvalue weighted by Crippen LogP contribution is 2.23. The van der Waals surface area contributed by atoms with Gasteiger partial charge >= 0.3 is 0 Å². The van der Waals surface area contributed by atoms with E-state index in [1.54, 1.807) is 32.0 Å². The van der Waals surface area contributed by atoms with Crippen molar-refractivity contribution in [1.29, 1.82) is 5.26 Å². The van der Waals surface area contributed by atoms with Crippen molar-refractivity contribution in [2.45, 2.75) is 24.5 Å². The summed E-state index contributed by atoms with van der Waals surface area (Å²) in [6, 6.07) is 11.0. The van der Waals surface area contributed by atoms with Crippen molar-refractivity contribution in [1.82, 2.24) is 0 Å². The number of nitrogens with zero attached hydrogens (tertiary/aromatic N) is 1. The summed E-state index contributed by atoms with van der Waals surface area (Å²) < 4.78 is 39.0. The molecule has 0 aliphatic rings. The van der Waals surface area contributed by atoms with E-state index in [9.17, 15) is 12.8 Å². The van der Waals surface area contributed by atoms with E-state index < -0.39 is 21.4 Å². The van der Waals surface area contributed by atoms with Crippen molar-refractivity contribution in [2.75, 3.05) is 0 Å². The van der Waals surface area contributed by atoms with Gasteiger partial charge in [0.2, 0.25) is 0 Å². The fourth-order valence-corrected chi connectivity index (χ4v) is 3.81. The summed E-state index contributed by atoms with van der Waals surface area (Å²) in [6.07, 6.45) is 0. The van der Waals surface area contributed by atoms with Crippen LogP contribution in [0.25, 0.3) is 0 Å². The molecule has 0 aliphatic heterocycles. The lowest BCUT2D eigenvalue weighted by molar-refractivity contribution is 0.585. The Labute approximate surface area is 123 Å². The molecular formula is C16H14FNO2S. The summed E-state index contributed by atoms with van der Waals surface area (Å²) in [5.41, 5.74) is 1.31. The molecule has 0 saturated heterocycles. The average Bonchev–Trinajstić information content (AvgIpc) is 2.43. The number of rotatable bonds is 3. The maximum absolute atomic E-state index is 14.0. The van der Waals surface area contributed by atoms with Crippen LogP contribution in [-0.2, 0) is 15.6 Å². The van der Waals surface area contributed by atoms with Gasteiger partial charge < -0.3 is 0 Å². The Balaban J connectivity index is 2.48. The van der Waals surface area contributed by atoms with Crippen LogP contribution in [0.1, 0.15) is 22.3 Å². The topological polar surface area (TPSA) is 57.9 Å².